The third-order valence-electron chi connectivity index (χ3n) is 3.64. The first-order chi connectivity index (χ1) is 8.98. The molecule has 2 N–H and O–H groups in total. The van der Waals surface area contributed by atoms with E-state index in [0.717, 1.165) is 12.8 Å². The summed E-state index contributed by atoms with van der Waals surface area (Å²) in [7, 11) is 0. The fraction of sp³-hybridized carbons (Fsp3) is 0.500. The number of aliphatic hydroxyl groups is 1. The van der Waals surface area contributed by atoms with Crippen molar-refractivity contribution in [1.82, 2.24) is 5.32 Å². The van der Waals surface area contributed by atoms with Crippen LogP contribution in [0.15, 0.2) is 22.7 Å². The van der Waals surface area contributed by atoms with Crippen molar-refractivity contribution in [3.63, 3.8) is 0 Å². The fourth-order valence-electron chi connectivity index (χ4n) is 1.82. The Hall–Kier alpha value is -0.940. The number of carbonyl (C=O) groups is 1. The molecule has 0 saturated heterocycles. The lowest BCUT2D eigenvalue weighted by atomic mass is 9.83. The zero-order chi connectivity index (χ0) is 14.5. The topological polar surface area (TPSA) is 49.3 Å². The van der Waals surface area contributed by atoms with E-state index >= 15 is 0 Å². The lowest BCUT2D eigenvalue weighted by molar-refractivity contribution is 0.0850. The zero-order valence-corrected chi connectivity index (χ0v) is 12.8. The smallest absolute Gasteiger partial charge is 0.252 e. The normalized spacial score (nSPS) is 11.4. The number of nitrogens with one attached hydrogen (secondary N) is 1. The predicted molar refractivity (Wildman–Crippen MR) is 76.5 cm³/mol. The van der Waals surface area contributed by atoms with Crippen LogP contribution in [0.25, 0.3) is 0 Å². The maximum Gasteiger partial charge on any atom is 0.252 e. The van der Waals surface area contributed by atoms with Crippen LogP contribution in [0.5, 0.6) is 0 Å². The van der Waals surface area contributed by atoms with E-state index in [4.69, 9.17) is 0 Å². The van der Waals surface area contributed by atoms with Gasteiger partial charge in [-0.15, -0.1) is 0 Å². The Balaban J connectivity index is 2.75. The average molecular weight is 332 g/mol. The standard InChI is InChI=1S/C14H19BrFNO2/c1-3-14(4-2,9-18)8-17-13(19)11-6-5-10(16)7-12(11)15/h5-7,18H,3-4,8-9H2,1-2H3,(H,17,19). The third-order valence-corrected chi connectivity index (χ3v) is 4.29. The van der Waals surface area contributed by atoms with Gasteiger partial charge in [0.1, 0.15) is 5.82 Å². The molecule has 0 aliphatic rings. The molecule has 0 aromatic heterocycles. The van der Waals surface area contributed by atoms with Gasteiger partial charge < -0.3 is 10.4 Å². The number of aliphatic hydroxyl groups excluding tert-OH is 1. The first-order valence-electron chi connectivity index (χ1n) is 6.32. The van der Waals surface area contributed by atoms with E-state index in [9.17, 15) is 14.3 Å². The molecule has 1 aromatic carbocycles. The van der Waals surface area contributed by atoms with Crippen LogP contribution in [-0.4, -0.2) is 24.2 Å². The van der Waals surface area contributed by atoms with Crippen LogP contribution in [-0.2, 0) is 0 Å². The molecule has 0 saturated carbocycles. The van der Waals surface area contributed by atoms with Gasteiger partial charge in [-0.1, -0.05) is 13.8 Å². The molecule has 0 aliphatic heterocycles. The Morgan fingerprint density at radius 3 is 2.53 bits per heavy atom. The van der Waals surface area contributed by atoms with Crippen LogP contribution < -0.4 is 5.32 Å². The molecule has 1 aromatic rings. The van der Waals surface area contributed by atoms with E-state index in [-0.39, 0.29) is 17.9 Å². The van der Waals surface area contributed by atoms with Crippen molar-refractivity contribution >= 4 is 21.8 Å². The number of amides is 1. The third kappa shape index (κ3) is 4.01. The van der Waals surface area contributed by atoms with Gasteiger partial charge in [-0.05, 0) is 47.0 Å². The minimum Gasteiger partial charge on any atom is -0.396 e. The quantitative estimate of drug-likeness (QED) is 0.841. The molecule has 5 heteroatoms. The summed E-state index contributed by atoms with van der Waals surface area (Å²) < 4.78 is 13.4. The molecular weight excluding hydrogens is 313 g/mol. The van der Waals surface area contributed by atoms with Crippen molar-refractivity contribution in [3.8, 4) is 0 Å². The molecule has 1 rings (SSSR count). The summed E-state index contributed by atoms with van der Waals surface area (Å²) in [5.41, 5.74) is 0.0998. The zero-order valence-electron chi connectivity index (χ0n) is 11.2. The lowest BCUT2D eigenvalue weighted by Crippen LogP contribution is -2.39. The Kier molecular flexibility index (Phi) is 5.94. The van der Waals surface area contributed by atoms with Crippen LogP contribution in [0.1, 0.15) is 37.0 Å². The minimum absolute atomic E-state index is 0.0326. The second-order valence-electron chi connectivity index (χ2n) is 4.67. The van der Waals surface area contributed by atoms with Crippen molar-refractivity contribution < 1.29 is 14.3 Å². The average Bonchev–Trinajstić information content (AvgIpc) is 2.40. The number of benzene rings is 1. The van der Waals surface area contributed by atoms with Gasteiger partial charge in [0.15, 0.2) is 0 Å². The highest BCUT2D eigenvalue weighted by molar-refractivity contribution is 9.10. The summed E-state index contributed by atoms with van der Waals surface area (Å²) in [6.45, 7) is 4.41. The molecule has 19 heavy (non-hydrogen) atoms. The maximum atomic E-state index is 13.0. The van der Waals surface area contributed by atoms with Crippen molar-refractivity contribution in [2.24, 2.45) is 5.41 Å². The molecule has 0 radical (unpaired) electrons. The summed E-state index contributed by atoms with van der Waals surface area (Å²) in [5.74, 6) is -0.665. The molecule has 0 heterocycles. The number of rotatable bonds is 6. The number of hydrogen-bond donors (Lipinski definition) is 2. The van der Waals surface area contributed by atoms with Crippen molar-refractivity contribution in [2.45, 2.75) is 26.7 Å². The molecule has 106 valence electrons. The fourth-order valence-corrected chi connectivity index (χ4v) is 2.35. The molecule has 0 spiro atoms. The van der Waals surface area contributed by atoms with E-state index < -0.39 is 5.82 Å². The summed E-state index contributed by atoms with van der Waals surface area (Å²) >= 11 is 3.17. The van der Waals surface area contributed by atoms with E-state index in [1.807, 2.05) is 13.8 Å². The summed E-state index contributed by atoms with van der Waals surface area (Å²) in [5, 5.41) is 12.2. The van der Waals surface area contributed by atoms with Crippen molar-refractivity contribution in [2.75, 3.05) is 13.2 Å². The Morgan fingerprint density at radius 2 is 2.05 bits per heavy atom. The van der Waals surface area contributed by atoms with Gasteiger partial charge in [0.05, 0.1) is 12.2 Å². The molecule has 0 aliphatic carbocycles. The Bertz CT molecular complexity index is 439. The first-order valence-corrected chi connectivity index (χ1v) is 7.11. The molecule has 0 fully saturated rings. The van der Waals surface area contributed by atoms with Crippen LogP contribution in [0.2, 0.25) is 0 Å². The molecule has 1 amide bonds. The van der Waals surface area contributed by atoms with Crippen molar-refractivity contribution in [3.05, 3.63) is 34.1 Å². The summed E-state index contributed by atoms with van der Waals surface area (Å²) in [4.78, 5) is 12.0. The van der Waals surface area contributed by atoms with Gasteiger partial charge >= 0.3 is 0 Å². The Morgan fingerprint density at radius 1 is 1.42 bits per heavy atom. The molecule has 0 unspecified atom stereocenters. The van der Waals surface area contributed by atoms with Gasteiger partial charge in [-0.3, -0.25) is 4.79 Å². The van der Waals surface area contributed by atoms with Crippen molar-refractivity contribution in [1.29, 1.82) is 0 Å². The molecular formula is C14H19BrFNO2. The van der Waals surface area contributed by atoms with Gasteiger partial charge in [0.2, 0.25) is 0 Å². The predicted octanol–water partition coefficient (Wildman–Crippen LogP) is 3.12. The number of carbonyl (C=O) groups excluding carboxylic acids is 1. The highest BCUT2D eigenvalue weighted by Crippen LogP contribution is 2.25. The van der Waals surface area contributed by atoms with E-state index in [0.29, 0.717) is 16.6 Å². The van der Waals surface area contributed by atoms with E-state index in [1.165, 1.54) is 18.2 Å². The largest absolute Gasteiger partial charge is 0.396 e. The molecule has 0 bridgehead atoms. The lowest BCUT2D eigenvalue weighted by Gasteiger charge is -2.29. The van der Waals surface area contributed by atoms with Crippen LogP contribution in [0, 0.1) is 11.2 Å². The number of halogens is 2. The second-order valence-corrected chi connectivity index (χ2v) is 5.53. The SMILES string of the molecule is CCC(CC)(CO)CNC(=O)c1ccc(F)cc1Br. The van der Waals surface area contributed by atoms with Crippen LogP contribution >= 0.6 is 15.9 Å². The van der Waals surface area contributed by atoms with Gasteiger partial charge in [-0.2, -0.15) is 0 Å². The van der Waals surface area contributed by atoms with Gasteiger partial charge in [0.25, 0.3) is 5.91 Å². The van der Waals surface area contributed by atoms with E-state index in [1.54, 1.807) is 0 Å². The molecule has 3 nitrogen and oxygen atoms in total. The monoisotopic (exact) mass is 331 g/mol. The highest BCUT2D eigenvalue weighted by Gasteiger charge is 2.26. The molecule has 0 atom stereocenters. The second kappa shape index (κ2) is 7.01. The first kappa shape index (κ1) is 16.1. The summed E-state index contributed by atoms with van der Waals surface area (Å²) in [6.07, 6.45) is 1.57. The van der Waals surface area contributed by atoms with Crippen LogP contribution in [0.4, 0.5) is 4.39 Å². The number of hydrogen-bond acceptors (Lipinski definition) is 2. The van der Waals surface area contributed by atoms with Gasteiger partial charge in [0, 0.05) is 16.4 Å². The highest BCUT2D eigenvalue weighted by atomic mass is 79.9. The van der Waals surface area contributed by atoms with Crippen LogP contribution in [0.3, 0.4) is 0 Å². The minimum atomic E-state index is -0.393. The Labute approximate surface area is 121 Å². The van der Waals surface area contributed by atoms with Gasteiger partial charge in [-0.25, -0.2) is 4.39 Å². The maximum absolute atomic E-state index is 13.0. The van der Waals surface area contributed by atoms with E-state index in [2.05, 4.69) is 21.2 Å². The summed E-state index contributed by atoms with van der Waals surface area (Å²) in [6, 6.07) is 3.94.